The Balaban J connectivity index is 2.14. The Bertz CT molecular complexity index is 493. The van der Waals surface area contributed by atoms with Gasteiger partial charge in [0.15, 0.2) is 0 Å². The second-order valence-electron chi connectivity index (χ2n) is 4.98. The third kappa shape index (κ3) is 3.86. The maximum atomic E-state index is 11.7. The monoisotopic (exact) mass is 296 g/mol. The third-order valence-electron chi connectivity index (χ3n) is 3.51. The molecule has 1 N–H and O–H groups in total. The van der Waals surface area contributed by atoms with Gasteiger partial charge >= 0.3 is 5.97 Å². The standard InChI is InChI=1S/C15H20O6/c1-18-11-3-4-12(14(16)19-2)13(9-11)21-10-15(17)5-7-20-8-6-15/h3-4,9,17H,5-8,10H2,1-2H3. The minimum absolute atomic E-state index is 0.0908. The summed E-state index contributed by atoms with van der Waals surface area (Å²) >= 11 is 0. The molecule has 1 heterocycles. The molecule has 1 aliphatic rings. The molecule has 1 fully saturated rings. The van der Waals surface area contributed by atoms with Gasteiger partial charge in [0.05, 0.1) is 14.2 Å². The van der Waals surface area contributed by atoms with E-state index in [0.29, 0.717) is 43.1 Å². The molecule has 1 aliphatic heterocycles. The number of hydrogen-bond acceptors (Lipinski definition) is 6. The molecular weight excluding hydrogens is 276 g/mol. The molecule has 1 aromatic carbocycles. The summed E-state index contributed by atoms with van der Waals surface area (Å²) in [5.74, 6) is 0.407. The van der Waals surface area contributed by atoms with Crippen molar-refractivity contribution < 1.29 is 28.8 Å². The predicted molar refractivity (Wildman–Crippen MR) is 74.8 cm³/mol. The summed E-state index contributed by atoms with van der Waals surface area (Å²) in [4.78, 5) is 11.7. The van der Waals surface area contributed by atoms with Gasteiger partial charge in [0.25, 0.3) is 0 Å². The van der Waals surface area contributed by atoms with Crippen molar-refractivity contribution in [3.8, 4) is 11.5 Å². The second-order valence-corrected chi connectivity index (χ2v) is 4.98. The van der Waals surface area contributed by atoms with Crippen LogP contribution in [0.2, 0.25) is 0 Å². The first-order valence-electron chi connectivity index (χ1n) is 6.77. The van der Waals surface area contributed by atoms with E-state index in [2.05, 4.69) is 0 Å². The molecule has 2 rings (SSSR count). The van der Waals surface area contributed by atoms with Gasteiger partial charge in [0, 0.05) is 32.1 Å². The van der Waals surface area contributed by atoms with Crippen LogP contribution < -0.4 is 9.47 Å². The molecule has 6 nitrogen and oxygen atoms in total. The summed E-state index contributed by atoms with van der Waals surface area (Å²) in [6.07, 6.45) is 1.01. The Kier molecular flexibility index (Phi) is 5.03. The predicted octanol–water partition coefficient (Wildman–Crippen LogP) is 1.40. The van der Waals surface area contributed by atoms with Crippen LogP contribution in [0, 0.1) is 0 Å². The van der Waals surface area contributed by atoms with Crippen LogP contribution in [0.5, 0.6) is 11.5 Å². The minimum atomic E-state index is -0.936. The van der Waals surface area contributed by atoms with Crippen molar-refractivity contribution >= 4 is 5.97 Å². The first-order valence-corrected chi connectivity index (χ1v) is 6.77. The highest BCUT2D eigenvalue weighted by molar-refractivity contribution is 5.92. The van der Waals surface area contributed by atoms with Crippen LogP contribution in [0.1, 0.15) is 23.2 Å². The van der Waals surface area contributed by atoms with Crippen LogP contribution >= 0.6 is 0 Å². The summed E-state index contributed by atoms with van der Waals surface area (Å²) in [6, 6.07) is 4.84. The lowest BCUT2D eigenvalue weighted by Crippen LogP contribution is -2.41. The summed E-state index contributed by atoms with van der Waals surface area (Å²) in [6.45, 7) is 1.09. The van der Waals surface area contributed by atoms with E-state index in [1.807, 2.05) is 0 Å². The molecule has 0 aliphatic carbocycles. The largest absolute Gasteiger partial charge is 0.497 e. The van der Waals surface area contributed by atoms with E-state index in [0.717, 1.165) is 0 Å². The number of carbonyl (C=O) groups excluding carboxylic acids is 1. The maximum Gasteiger partial charge on any atom is 0.341 e. The SMILES string of the molecule is COC(=O)c1ccc(OC)cc1OCC1(O)CCOCC1. The highest BCUT2D eigenvalue weighted by Crippen LogP contribution is 2.28. The molecule has 0 radical (unpaired) electrons. The van der Waals surface area contributed by atoms with E-state index in [4.69, 9.17) is 18.9 Å². The van der Waals surface area contributed by atoms with Gasteiger partial charge in [-0.05, 0) is 12.1 Å². The number of methoxy groups -OCH3 is 2. The summed E-state index contributed by atoms with van der Waals surface area (Å²) in [7, 11) is 2.84. The first kappa shape index (κ1) is 15.6. The molecule has 6 heteroatoms. The van der Waals surface area contributed by atoms with E-state index in [1.54, 1.807) is 18.2 Å². The van der Waals surface area contributed by atoms with Gasteiger partial charge in [0.1, 0.15) is 29.3 Å². The van der Waals surface area contributed by atoms with E-state index >= 15 is 0 Å². The topological polar surface area (TPSA) is 74.2 Å². The minimum Gasteiger partial charge on any atom is -0.497 e. The molecule has 0 aromatic heterocycles. The van der Waals surface area contributed by atoms with Crippen LogP contribution in [0.25, 0.3) is 0 Å². The van der Waals surface area contributed by atoms with Crippen LogP contribution in [0.4, 0.5) is 0 Å². The Morgan fingerprint density at radius 2 is 2.05 bits per heavy atom. The van der Waals surface area contributed by atoms with Crippen molar-refractivity contribution in [1.82, 2.24) is 0 Å². The van der Waals surface area contributed by atoms with Crippen molar-refractivity contribution in [2.24, 2.45) is 0 Å². The molecule has 0 bridgehead atoms. The maximum absolute atomic E-state index is 11.7. The quantitative estimate of drug-likeness (QED) is 0.828. The zero-order valence-corrected chi connectivity index (χ0v) is 12.3. The fourth-order valence-corrected chi connectivity index (χ4v) is 2.14. The number of aliphatic hydroxyl groups is 1. The Labute approximate surface area is 123 Å². The van der Waals surface area contributed by atoms with Gasteiger partial charge in [-0.1, -0.05) is 0 Å². The van der Waals surface area contributed by atoms with E-state index < -0.39 is 11.6 Å². The zero-order valence-electron chi connectivity index (χ0n) is 12.3. The summed E-state index contributed by atoms with van der Waals surface area (Å²) < 4.78 is 20.7. The molecular formula is C15H20O6. The average Bonchev–Trinajstić information content (AvgIpc) is 2.52. The first-order chi connectivity index (χ1) is 10.1. The van der Waals surface area contributed by atoms with Crippen molar-refractivity contribution in [1.29, 1.82) is 0 Å². The van der Waals surface area contributed by atoms with Crippen molar-refractivity contribution in [3.05, 3.63) is 23.8 Å². The summed E-state index contributed by atoms with van der Waals surface area (Å²) in [5.41, 5.74) is -0.636. The number of esters is 1. The molecule has 1 saturated heterocycles. The highest BCUT2D eigenvalue weighted by atomic mass is 16.5. The Morgan fingerprint density at radius 3 is 2.67 bits per heavy atom. The molecule has 0 unspecified atom stereocenters. The third-order valence-corrected chi connectivity index (χ3v) is 3.51. The van der Waals surface area contributed by atoms with Crippen molar-refractivity contribution in [2.45, 2.75) is 18.4 Å². The van der Waals surface area contributed by atoms with E-state index in [-0.39, 0.29) is 6.61 Å². The number of ether oxygens (including phenoxy) is 4. The normalized spacial score (nSPS) is 17.1. The molecule has 21 heavy (non-hydrogen) atoms. The summed E-state index contributed by atoms with van der Waals surface area (Å²) in [5, 5.41) is 10.4. The number of rotatable bonds is 5. The lowest BCUT2D eigenvalue weighted by Gasteiger charge is -2.31. The van der Waals surface area contributed by atoms with E-state index in [1.165, 1.54) is 14.2 Å². The van der Waals surface area contributed by atoms with E-state index in [9.17, 15) is 9.90 Å². The van der Waals surface area contributed by atoms with Gasteiger partial charge in [0.2, 0.25) is 0 Å². The Morgan fingerprint density at radius 1 is 1.33 bits per heavy atom. The molecule has 0 saturated carbocycles. The van der Waals surface area contributed by atoms with Gasteiger partial charge in [-0.15, -0.1) is 0 Å². The van der Waals surface area contributed by atoms with Gasteiger partial charge in [-0.3, -0.25) is 0 Å². The van der Waals surface area contributed by atoms with Crippen LogP contribution in [0.3, 0.4) is 0 Å². The molecule has 0 spiro atoms. The fraction of sp³-hybridized carbons (Fsp3) is 0.533. The lowest BCUT2D eigenvalue weighted by atomic mass is 9.96. The number of benzene rings is 1. The molecule has 116 valence electrons. The van der Waals surface area contributed by atoms with Gasteiger partial charge in [-0.2, -0.15) is 0 Å². The zero-order chi connectivity index (χ0) is 15.3. The van der Waals surface area contributed by atoms with Gasteiger partial charge < -0.3 is 24.1 Å². The van der Waals surface area contributed by atoms with Crippen LogP contribution in [-0.2, 0) is 9.47 Å². The highest BCUT2D eigenvalue weighted by Gasteiger charge is 2.31. The van der Waals surface area contributed by atoms with Crippen molar-refractivity contribution in [2.75, 3.05) is 34.0 Å². The van der Waals surface area contributed by atoms with Gasteiger partial charge in [-0.25, -0.2) is 4.79 Å². The van der Waals surface area contributed by atoms with Crippen molar-refractivity contribution in [3.63, 3.8) is 0 Å². The lowest BCUT2D eigenvalue weighted by molar-refractivity contribution is -0.0857. The second kappa shape index (κ2) is 6.78. The fourth-order valence-electron chi connectivity index (χ4n) is 2.14. The van der Waals surface area contributed by atoms with Crippen LogP contribution in [0.15, 0.2) is 18.2 Å². The average molecular weight is 296 g/mol. The molecule has 1 aromatic rings. The molecule has 0 atom stereocenters. The number of hydrogen-bond donors (Lipinski definition) is 1. The number of carbonyl (C=O) groups is 1. The Hall–Kier alpha value is -1.79. The smallest absolute Gasteiger partial charge is 0.341 e. The molecule has 0 amide bonds. The van der Waals surface area contributed by atoms with Crippen LogP contribution in [-0.4, -0.2) is 50.7 Å².